The van der Waals surface area contributed by atoms with E-state index in [0.717, 1.165) is 5.69 Å². The van der Waals surface area contributed by atoms with Gasteiger partial charge in [-0.3, -0.25) is 9.59 Å². The van der Waals surface area contributed by atoms with Crippen LogP contribution in [0.1, 0.15) is 25.3 Å². The molecule has 120 valence electrons. The van der Waals surface area contributed by atoms with E-state index in [-0.39, 0.29) is 17.9 Å². The molecule has 2 aliphatic heterocycles. The monoisotopic (exact) mass is 312 g/mol. The number of nitrogens with zero attached hydrogens (tertiary/aromatic N) is 2. The third-order valence-corrected chi connectivity index (χ3v) is 4.63. The van der Waals surface area contributed by atoms with Crippen molar-refractivity contribution in [2.45, 2.75) is 25.8 Å². The summed E-state index contributed by atoms with van der Waals surface area (Å²) in [6.07, 6.45) is 1.02. The molecule has 6 nitrogen and oxygen atoms in total. The van der Waals surface area contributed by atoms with Crippen LogP contribution in [0.2, 0.25) is 0 Å². The molecule has 6 heteroatoms. The summed E-state index contributed by atoms with van der Waals surface area (Å²) in [7, 11) is 0. The van der Waals surface area contributed by atoms with Crippen LogP contribution in [0.3, 0.4) is 0 Å². The van der Waals surface area contributed by atoms with Crippen molar-refractivity contribution in [3.63, 3.8) is 0 Å². The maximum atomic E-state index is 12.6. The lowest BCUT2D eigenvalue weighted by atomic mass is 9.80. The van der Waals surface area contributed by atoms with Crippen LogP contribution in [0.5, 0.6) is 0 Å². The van der Waals surface area contributed by atoms with Crippen LogP contribution in [0.4, 0.5) is 5.69 Å². The van der Waals surface area contributed by atoms with Crippen molar-refractivity contribution in [3.05, 3.63) is 29.8 Å². The van der Waals surface area contributed by atoms with Crippen LogP contribution >= 0.6 is 0 Å². The molecule has 0 aliphatic carbocycles. The van der Waals surface area contributed by atoms with Gasteiger partial charge in [0.25, 0.3) is 0 Å². The van der Waals surface area contributed by atoms with Crippen LogP contribution in [0.25, 0.3) is 0 Å². The molecule has 3 rings (SSSR count). The molecule has 1 atom stereocenters. The smallest absolute Gasteiger partial charge is 0.230 e. The van der Waals surface area contributed by atoms with Gasteiger partial charge in [0, 0.05) is 31.7 Å². The molecule has 2 saturated heterocycles. The molecule has 2 heterocycles. The number of nitriles is 1. The second-order valence-electron chi connectivity index (χ2n) is 6.58. The highest BCUT2D eigenvalue weighted by atomic mass is 16.2. The maximum absolute atomic E-state index is 12.6. The van der Waals surface area contributed by atoms with E-state index in [9.17, 15) is 9.59 Å². The fourth-order valence-electron chi connectivity index (χ4n) is 3.07. The number of nitrogens with one attached hydrogen (secondary N) is 2. The molecule has 2 N–H and O–H groups in total. The van der Waals surface area contributed by atoms with E-state index in [4.69, 9.17) is 5.26 Å². The topological polar surface area (TPSA) is 85.2 Å². The molecule has 2 fully saturated rings. The summed E-state index contributed by atoms with van der Waals surface area (Å²) in [6, 6.07) is 9.65. The van der Waals surface area contributed by atoms with E-state index in [1.807, 2.05) is 30.0 Å². The Labute approximate surface area is 135 Å². The zero-order chi connectivity index (χ0) is 16.4. The second-order valence-corrected chi connectivity index (χ2v) is 6.58. The van der Waals surface area contributed by atoms with Gasteiger partial charge in [0.05, 0.1) is 23.1 Å². The first-order valence-corrected chi connectivity index (χ1v) is 7.83. The van der Waals surface area contributed by atoms with Crippen molar-refractivity contribution in [1.82, 2.24) is 10.2 Å². The van der Waals surface area contributed by atoms with Crippen molar-refractivity contribution < 1.29 is 9.59 Å². The summed E-state index contributed by atoms with van der Waals surface area (Å²) < 4.78 is 0. The van der Waals surface area contributed by atoms with E-state index in [0.29, 0.717) is 38.0 Å². The number of likely N-dealkylation sites (tertiary alicyclic amines) is 1. The minimum Gasteiger partial charge on any atom is -0.379 e. The number of carbonyl (C=O) groups excluding carboxylic acids is 2. The summed E-state index contributed by atoms with van der Waals surface area (Å²) in [4.78, 5) is 25.7. The zero-order valence-electron chi connectivity index (χ0n) is 13.1. The van der Waals surface area contributed by atoms with Crippen molar-refractivity contribution in [2.75, 3.05) is 25.0 Å². The van der Waals surface area contributed by atoms with E-state index < -0.39 is 5.41 Å². The number of carbonyl (C=O) groups is 2. The number of hydrogen-bond acceptors (Lipinski definition) is 4. The summed E-state index contributed by atoms with van der Waals surface area (Å²) in [5.74, 6) is 0.136. The molecule has 2 amide bonds. The highest BCUT2D eigenvalue weighted by Gasteiger charge is 2.43. The number of piperidine rings is 1. The number of amides is 2. The lowest BCUT2D eigenvalue weighted by Gasteiger charge is -2.45. The SMILES string of the molecule is CC1(C(=O)N2CC(Nc3cccc(C#N)c3)C2)CCC(=O)NC1. The molecule has 1 unspecified atom stereocenters. The molecule has 1 aromatic rings. The van der Waals surface area contributed by atoms with Crippen molar-refractivity contribution in [3.8, 4) is 6.07 Å². The first-order chi connectivity index (χ1) is 11.0. The third kappa shape index (κ3) is 3.14. The first kappa shape index (κ1) is 15.3. The van der Waals surface area contributed by atoms with Gasteiger partial charge < -0.3 is 15.5 Å². The van der Waals surface area contributed by atoms with Crippen molar-refractivity contribution in [1.29, 1.82) is 5.26 Å². The van der Waals surface area contributed by atoms with Gasteiger partial charge in [-0.05, 0) is 31.5 Å². The fourth-order valence-corrected chi connectivity index (χ4v) is 3.07. The van der Waals surface area contributed by atoms with Gasteiger partial charge in [-0.2, -0.15) is 5.26 Å². The highest BCUT2D eigenvalue weighted by molar-refractivity contribution is 5.87. The Kier molecular flexibility index (Phi) is 3.95. The predicted molar refractivity (Wildman–Crippen MR) is 85.5 cm³/mol. The minimum atomic E-state index is -0.487. The van der Waals surface area contributed by atoms with Crippen molar-refractivity contribution >= 4 is 17.5 Å². The highest BCUT2D eigenvalue weighted by Crippen LogP contribution is 2.30. The largest absolute Gasteiger partial charge is 0.379 e. The molecule has 0 spiro atoms. The fraction of sp³-hybridized carbons (Fsp3) is 0.471. The van der Waals surface area contributed by atoms with Crippen LogP contribution in [0, 0.1) is 16.7 Å². The Bertz CT molecular complexity index is 663. The summed E-state index contributed by atoms with van der Waals surface area (Å²) >= 11 is 0. The van der Waals surface area contributed by atoms with Gasteiger partial charge in [-0.15, -0.1) is 0 Å². The number of rotatable bonds is 3. The Morgan fingerprint density at radius 2 is 2.26 bits per heavy atom. The van der Waals surface area contributed by atoms with Gasteiger partial charge in [-0.1, -0.05) is 6.07 Å². The molecule has 0 radical (unpaired) electrons. The Morgan fingerprint density at radius 1 is 1.48 bits per heavy atom. The molecule has 0 aromatic heterocycles. The number of anilines is 1. The quantitative estimate of drug-likeness (QED) is 0.875. The van der Waals surface area contributed by atoms with E-state index in [1.54, 1.807) is 6.07 Å². The average Bonchev–Trinajstić information content (AvgIpc) is 2.53. The lowest BCUT2D eigenvalue weighted by Crippen LogP contribution is -2.62. The van der Waals surface area contributed by atoms with Gasteiger partial charge in [0.1, 0.15) is 0 Å². The molecule has 0 bridgehead atoms. The van der Waals surface area contributed by atoms with E-state index in [2.05, 4.69) is 16.7 Å². The van der Waals surface area contributed by atoms with E-state index >= 15 is 0 Å². The van der Waals surface area contributed by atoms with E-state index in [1.165, 1.54) is 0 Å². The standard InChI is InChI=1S/C17H20N4O2/c1-17(6-5-15(22)19-11-17)16(23)21-9-14(10-21)20-13-4-2-3-12(7-13)8-18/h2-4,7,14,20H,5-6,9-11H2,1H3,(H,19,22). The van der Waals surface area contributed by atoms with Crippen LogP contribution < -0.4 is 10.6 Å². The maximum Gasteiger partial charge on any atom is 0.230 e. The van der Waals surface area contributed by atoms with Crippen LogP contribution in [-0.2, 0) is 9.59 Å². The zero-order valence-corrected chi connectivity index (χ0v) is 13.1. The number of hydrogen-bond donors (Lipinski definition) is 2. The first-order valence-electron chi connectivity index (χ1n) is 7.83. The Hall–Kier alpha value is -2.55. The molecular formula is C17H20N4O2. The second kappa shape index (κ2) is 5.92. The predicted octanol–water partition coefficient (Wildman–Crippen LogP) is 1.10. The summed E-state index contributed by atoms with van der Waals surface area (Å²) in [6.45, 7) is 3.65. The lowest BCUT2D eigenvalue weighted by molar-refractivity contribution is -0.147. The summed E-state index contributed by atoms with van der Waals surface area (Å²) in [5.41, 5.74) is 1.03. The van der Waals surface area contributed by atoms with Crippen LogP contribution in [0.15, 0.2) is 24.3 Å². The molecule has 1 aromatic carbocycles. The van der Waals surface area contributed by atoms with Gasteiger partial charge in [0.2, 0.25) is 11.8 Å². The van der Waals surface area contributed by atoms with Gasteiger partial charge in [0.15, 0.2) is 0 Å². The van der Waals surface area contributed by atoms with Crippen molar-refractivity contribution in [2.24, 2.45) is 5.41 Å². The Balaban J connectivity index is 1.53. The molecule has 23 heavy (non-hydrogen) atoms. The molecule has 0 saturated carbocycles. The molecule has 2 aliphatic rings. The normalized spacial score (nSPS) is 24.3. The molecular weight excluding hydrogens is 292 g/mol. The van der Waals surface area contributed by atoms with Gasteiger partial charge in [-0.25, -0.2) is 0 Å². The Morgan fingerprint density at radius 3 is 2.91 bits per heavy atom. The third-order valence-electron chi connectivity index (χ3n) is 4.63. The van der Waals surface area contributed by atoms with Gasteiger partial charge >= 0.3 is 0 Å². The van der Waals surface area contributed by atoms with Crippen LogP contribution in [-0.4, -0.2) is 42.4 Å². The summed E-state index contributed by atoms with van der Waals surface area (Å²) in [5, 5.41) is 15.0. The minimum absolute atomic E-state index is 0.0239. The number of benzene rings is 1. The average molecular weight is 312 g/mol.